The first-order valence-electron chi connectivity index (χ1n) is 9.63. The van der Waals surface area contributed by atoms with E-state index < -0.39 is 0 Å². The first-order chi connectivity index (χ1) is 12.7. The van der Waals surface area contributed by atoms with Crippen molar-refractivity contribution < 1.29 is 14.3 Å². The minimum absolute atomic E-state index is 0.0700. The van der Waals surface area contributed by atoms with Gasteiger partial charge in [0.05, 0.1) is 14.2 Å². The Morgan fingerprint density at radius 1 is 1.04 bits per heavy atom. The van der Waals surface area contributed by atoms with Crippen LogP contribution in [0.5, 0.6) is 11.5 Å². The van der Waals surface area contributed by atoms with Gasteiger partial charge in [-0.2, -0.15) is 0 Å². The maximum Gasteiger partial charge on any atom is 0.254 e. The SMILES string of the molecule is COc1ccc(C(=O)N2CCN(CCC3=CCCCC3)CC2)cc1OC. The molecular formula is C21H30N2O3. The number of benzene rings is 1. The summed E-state index contributed by atoms with van der Waals surface area (Å²) in [4.78, 5) is 17.2. The van der Waals surface area contributed by atoms with Crippen LogP contribution in [0.2, 0.25) is 0 Å². The van der Waals surface area contributed by atoms with Crippen LogP contribution < -0.4 is 9.47 Å². The number of amides is 1. The topological polar surface area (TPSA) is 42.0 Å². The second kappa shape index (κ2) is 9.08. The van der Waals surface area contributed by atoms with Gasteiger partial charge in [0.15, 0.2) is 11.5 Å². The Labute approximate surface area is 156 Å². The summed E-state index contributed by atoms with van der Waals surface area (Å²) in [6, 6.07) is 5.37. The van der Waals surface area contributed by atoms with Crippen LogP contribution in [-0.2, 0) is 0 Å². The van der Waals surface area contributed by atoms with Crippen LogP contribution >= 0.6 is 0 Å². The Kier molecular flexibility index (Phi) is 6.56. The lowest BCUT2D eigenvalue weighted by Crippen LogP contribution is -2.48. The van der Waals surface area contributed by atoms with E-state index in [4.69, 9.17) is 9.47 Å². The molecule has 1 saturated heterocycles. The Balaban J connectivity index is 1.51. The first kappa shape index (κ1) is 18.8. The van der Waals surface area contributed by atoms with Crippen molar-refractivity contribution in [1.29, 1.82) is 0 Å². The maximum atomic E-state index is 12.8. The van der Waals surface area contributed by atoms with Crippen molar-refractivity contribution in [3.63, 3.8) is 0 Å². The highest BCUT2D eigenvalue weighted by atomic mass is 16.5. The van der Waals surface area contributed by atoms with Crippen molar-refractivity contribution in [2.45, 2.75) is 32.1 Å². The zero-order valence-electron chi connectivity index (χ0n) is 16.0. The molecule has 0 saturated carbocycles. The lowest BCUT2D eigenvalue weighted by molar-refractivity contribution is 0.0638. The van der Waals surface area contributed by atoms with Gasteiger partial charge < -0.3 is 14.4 Å². The lowest BCUT2D eigenvalue weighted by Gasteiger charge is -2.35. The highest BCUT2D eigenvalue weighted by Gasteiger charge is 2.23. The molecule has 3 rings (SSSR count). The van der Waals surface area contributed by atoms with E-state index in [1.807, 2.05) is 11.0 Å². The first-order valence-corrected chi connectivity index (χ1v) is 9.63. The average Bonchev–Trinajstić information content (AvgIpc) is 2.72. The molecule has 5 heteroatoms. The molecule has 1 amide bonds. The molecule has 5 nitrogen and oxygen atoms in total. The molecule has 26 heavy (non-hydrogen) atoms. The van der Waals surface area contributed by atoms with Gasteiger partial charge in [0.25, 0.3) is 5.91 Å². The molecule has 1 aromatic carbocycles. The van der Waals surface area contributed by atoms with Gasteiger partial charge >= 0.3 is 0 Å². The molecule has 0 atom stereocenters. The molecule has 0 unspecified atom stereocenters. The van der Waals surface area contributed by atoms with E-state index in [0.717, 1.165) is 32.7 Å². The van der Waals surface area contributed by atoms with E-state index in [2.05, 4.69) is 11.0 Å². The third-order valence-corrected chi connectivity index (χ3v) is 5.42. The summed E-state index contributed by atoms with van der Waals surface area (Å²) in [6.45, 7) is 4.58. The van der Waals surface area contributed by atoms with Gasteiger partial charge in [0, 0.05) is 38.3 Å². The molecule has 1 aliphatic heterocycles. The normalized spacial score (nSPS) is 18.4. The molecule has 2 aliphatic rings. The zero-order chi connectivity index (χ0) is 18.4. The minimum atomic E-state index is 0.0700. The predicted molar refractivity (Wildman–Crippen MR) is 103 cm³/mol. The van der Waals surface area contributed by atoms with Gasteiger partial charge in [-0.3, -0.25) is 9.69 Å². The van der Waals surface area contributed by atoms with Crippen molar-refractivity contribution in [2.75, 3.05) is 46.9 Å². The summed E-state index contributed by atoms with van der Waals surface area (Å²) in [5.41, 5.74) is 2.28. The smallest absolute Gasteiger partial charge is 0.254 e. The van der Waals surface area contributed by atoms with E-state index in [0.29, 0.717) is 17.1 Å². The third-order valence-electron chi connectivity index (χ3n) is 5.42. The molecule has 1 aromatic rings. The molecular weight excluding hydrogens is 328 g/mol. The number of hydrogen-bond acceptors (Lipinski definition) is 4. The number of carbonyl (C=O) groups excluding carboxylic acids is 1. The third kappa shape index (κ3) is 4.58. The second-order valence-electron chi connectivity index (χ2n) is 7.06. The molecule has 0 bridgehead atoms. The number of allylic oxidation sites excluding steroid dienone is 1. The summed E-state index contributed by atoms with van der Waals surface area (Å²) in [7, 11) is 3.19. The lowest BCUT2D eigenvalue weighted by atomic mass is 9.97. The van der Waals surface area contributed by atoms with Crippen LogP contribution in [0.1, 0.15) is 42.5 Å². The average molecular weight is 358 g/mol. The number of nitrogens with zero attached hydrogens (tertiary/aromatic N) is 2. The second-order valence-corrected chi connectivity index (χ2v) is 7.06. The van der Waals surface area contributed by atoms with Crippen molar-refractivity contribution in [2.24, 2.45) is 0 Å². The summed E-state index contributed by atoms with van der Waals surface area (Å²) >= 11 is 0. The Morgan fingerprint density at radius 2 is 1.81 bits per heavy atom. The monoisotopic (exact) mass is 358 g/mol. The van der Waals surface area contributed by atoms with Crippen molar-refractivity contribution in [1.82, 2.24) is 9.80 Å². The maximum absolute atomic E-state index is 12.8. The fraction of sp³-hybridized carbons (Fsp3) is 0.571. The van der Waals surface area contributed by atoms with Gasteiger partial charge in [0.1, 0.15) is 0 Å². The summed E-state index contributed by atoms with van der Waals surface area (Å²) < 4.78 is 10.6. The fourth-order valence-electron chi connectivity index (χ4n) is 3.76. The van der Waals surface area contributed by atoms with E-state index in [9.17, 15) is 4.79 Å². The zero-order valence-corrected chi connectivity index (χ0v) is 16.0. The number of rotatable bonds is 6. The molecule has 1 aliphatic carbocycles. The molecule has 0 N–H and O–H groups in total. The quantitative estimate of drug-likeness (QED) is 0.732. The predicted octanol–water partition coefficient (Wildman–Crippen LogP) is 3.35. The largest absolute Gasteiger partial charge is 0.493 e. The highest BCUT2D eigenvalue weighted by Crippen LogP contribution is 2.28. The van der Waals surface area contributed by atoms with E-state index >= 15 is 0 Å². The molecule has 0 spiro atoms. The number of piperazine rings is 1. The van der Waals surface area contributed by atoms with E-state index in [1.165, 1.54) is 32.1 Å². The van der Waals surface area contributed by atoms with Crippen LogP contribution in [0.15, 0.2) is 29.8 Å². The summed E-state index contributed by atoms with van der Waals surface area (Å²) in [5, 5.41) is 0. The van der Waals surface area contributed by atoms with Gasteiger partial charge in [-0.05, 0) is 50.3 Å². The Hall–Kier alpha value is -2.01. The molecule has 142 valence electrons. The van der Waals surface area contributed by atoms with Crippen LogP contribution in [-0.4, -0.2) is 62.7 Å². The van der Waals surface area contributed by atoms with Gasteiger partial charge in [-0.1, -0.05) is 11.6 Å². The standard InChI is InChI=1S/C21H30N2O3/c1-25-19-9-8-18(16-20(19)26-2)21(24)23-14-12-22(13-15-23)11-10-17-6-4-3-5-7-17/h6,8-9,16H,3-5,7,10-15H2,1-2H3. The summed E-state index contributed by atoms with van der Waals surface area (Å²) in [5.74, 6) is 1.31. The molecule has 0 aromatic heterocycles. The van der Waals surface area contributed by atoms with Crippen LogP contribution in [0.3, 0.4) is 0 Å². The van der Waals surface area contributed by atoms with Crippen LogP contribution in [0.25, 0.3) is 0 Å². The number of ether oxygens (including phenoxy) is 2. The van der Waals surface area contributed by atoms with E-state index in [-0.39, 0.29) is 5.91 Å². The van der Waals surface area contributed by atoms with Gasteiger partial charge in [-0.25, -0.2) is 0 Å². The Morgan fingerprint density at radius 3 is 2.46 bits per heavy atom. The van der Waals surface area contributed by atoms with Crippen LogP contribution in [0.4, 0.5) is 0 Å². The number of carbonyl (C=O) groups is 1. The molecule has 1 heterocycles. The summed E-state index contributed by atoms with van der Waals surface area (Å²) in [6.07, 6.45) is 8.84. The molecule has 0 radical (unpaired) electrons. The minimum Gasteiger partial charge on any atom is -0.493 e. The molecule has 1 fully saturated rings. The highest BCUT2D eigenvalue weighted by molar-refractivity contribution is 5.95. The number of methoxy groups -OCH3 is 2. The Bertz CT molecular complexity index is 649. The van der Waals surface area contributed by atoms with Crippen molar-refractivity contribution >= 4 is 5.91 Å². The van der Waals surface area contributed by atoms with E-state index in [1.54, 1.807) is 31.9 Å². The van der Waals surface area contributed by atoms with Crippen molar-refractivity contribution in [3.8, 4) is 11.5 Å². The van der Waals surface area contributed by atoms with Gasteiger partial charge in [-0.15, -0.1) is 0 Å². The fourth-order valence-corrected chi connectivity index (χ4v) is 3.76. The van der Waals surface area contributed by atoms with Crippen molar-refractivity contribution in [3.05, 3.63) is 35.4 Å². The number of hydrogen-bond donors (Lipinski definition) is 0. The van der Waals surface area contributed by atoms with Crippen LogP contribution in [0, 0.1) is 0 Å². The van der Waals surface area contributed by atoms with Gasteiger partial charge in [0.2, 0.25) is 0 Å².